The first-order chi connectivity index (χ1) is 12.9. The van der Waals surface area contributed by atoms with Crippen LogP contribution in [0.15, 0.2) is 47.8 Å². The van der Waals surface area contributed by atoms with E-state index in [4.69, 9.17) is 11.6 Å². The van der Waals surface area contributed by atoms with E-state index in [0.29, 0.717) is 16.4 Å². The molecule has 3 aromatic rings. The highest BCUT2D eigenvalue weighted by molar-refractivity contribution is 7.10. The summed E-state index contributed by atoms with van der Waals surface area (Å²) in [6.07, 6.45) is 0. The first kappa shape index (κ1) is 17.8. The topological polar surface area (TPSA) is 67.2 Å². The van der Waals surface area contributed by atoms with Gasteiger partial charge in [-0.15, -0.1) is 11.3 Å². The Kier molecular flexibility index (Phi) is 4.28. The van der Waals surface area contributed by atoms with E-state index in [0.717, 1.165) is 10.6 Å². The number of urea groups is 1. The average molecular weight is 401 g/mol. The Morgan fingerprint density at radius 1 is 1.19 bits per heavy atom. The molecule has 138 valence electrons. The largest absolute Gasteiger partial charge is 0.325 e. The van der Waals surface area contributed by atoms with E-state index >= 15 is 0 Å². The summed E-state index contributed by atoms with van der Waals surface area (Å²) in [6, 6.07) is 12.8. The number of halogens is 1. The Balaban J connectivity index is 1.66. The van der Waals surface area contributed by atoms with Gasteiger partial charge in [-0.3, -0.25) is 9.69 Å². The molecule has 0 radical (unpaired) electrons. The number of hydrogen-bond acceptors (Lipinski definition) is 4. The lowest BCUT2D eigenvalue weighted by Gasteiger charge is -2.20. The molecule has 3 amide bonds. The standard InChI is InChI=1S/C19H17ClN4O2S/c1-12-14(16(20)24(22-12)13-7-4-3-5-8-13)11-23-17(25)19(2,21-18(23)26)15-9-6-10-27-15/h3-10H,11H2,1-2H3,(H,21,26). The zero-order chi connectivity index (χ0) is 19.2. The van der Waals surface area contributed by atoms with E-state index in [1.54, 1.807) is 11.6 Å². The molecule has 6 nitrogen and oxygen atoms in total. The highest BCUT2D eigenvalue weighted by atomic mass is 35.5. The van der Waals surface area contributed by atoms with Gasteiger partial charge in [0.1, 0.15) is 5.15 Å². The number of nitrogens with zero attached hydrogens (tertiary/aromatic N) is 3. The van der Waals surface area contributed by atoms with Gasteiger partial charge in [-0.1, -0.05) is 35.9 Å². The number of aryl methyl sites for hydroxylation is 1. The van der Waals surface area contributed by atoms with Crippen LogP contribution in [0.25, 0.3) is 5.69 Å². The summed E-state index contributed by atoms with van der Waals surface area (Å²) in [5.41, 5.74) is 1.09. The van der Waals surface area contributed by atoms with Crippen molar-refractivity contribution in [3.8, 4) is 5.69 Å². The van der Waals surface area contributed by atoms with Crippen molar-refractivity contribution in [1.82, 2.24) is 20.0 Å². The Labute approximate surface area is 165 Å². The zero-order valence-electron chi connectivity index (χ0n) is 14.8. The molecular weight excluding hydrogens is 384 g/mol. The predicted molar refractivity (Wildman–Crippen MR) is 104 cm³/mol. The molecule has 1 saturated heterocycles. The Hall–Kier alpha value is -2.64. The first-order valence-corrected chi connectivity index (χ1v) is 9.65. The lowest BCUT2D eigenvalue weighted by molar-refractivity contribution is -0.131. The third-order valence-electron chi connectivity index (χ3n) is 4.73. The molecule has 1 atom stereocenters. The molecule has 4 rings (SSSR count). The van der Waals surface area contributed by atoms with Crippen LogP contribution < -0.4 is 5.32 Å². The fraction of sp³-hybridized carbons (Fsp3) is 0.211. The third-order valence-corrected chi connectivity index (χ3v) is 6.21. The maximum absolute atomic E-state index is 13.0. The van der Waals surface area contributed by atoms with E-state index in [2.05, 4.69) is 10.4 Å². The van der Waals surface area contributed by atoms with Crippen molar-refractivity contribution < 1.29 is 9.59 Å². The summed E-state index contributed by atoms with van der Waals surface area (Å²) in [5.74, 6) is -0.294. The number of imide groups is 1. The summed E-state index contributed by atoms with van der Waals surface area (Å²) in [5, 5.41) is 9.56. The van der Waals surface area contributed by atoms with Crippen LogP contribution >= 0.6 is 22.9 Å². The molecule has 3 heterocycles. The maximum Gasteiger partial charge on any atom is 0.325 e. The van der Waals surface area contributed by atoms with Crippen molar-refractivity contribution in [2.75, 3.05) is 0 Å². The summed E-state index contributed by atoms with van der Waals surface area (Å²) in [7, 11) is 0. The van der Waals surface area contributed by atoms with Crippen LogP contribution in [0.2, 0.25) is 5.15 Å². The molecule has 0 saturated carbocycles. The van der Waals surface area contributed by atoms with Crippen molar-refractivity contribution >= 4 is 34.9 Å². The van der Waals surface area contributed by atoms with Crippen molar-refractivity contribution in [2.45, 2.75) is 25.9 Å². The summed E-state index contributed by atoms with van der Waals surface area (Å²) < 4.78 is 1.61. The molecule has 1 aromatic carbocycles. The average Bonchev–Trinajstić information content (AvgIpc) is 3.34. The van der Waals surface area contributed by atoms with E-state index in [1.165, 1.54) is 16.2 Å². The summed E-state index contributed by atoms with van der Waals surface area (Å²) >= 11 is 7.98. The minimum absolute atomic E-state index is 0.0726. The van der Waals surface area contributed by atoms with E-state index in [9.17, 15) is 9.59 Å². The van der Waals surface area contributed by atoms with Crippen LogP contribution in [0.5, 0.6) is 0 Å². The van der Waals surface area contributed by atoms with E-state index in [-0.39, 0.29) is 12.5 Å². The van der Waals surface area contributed by atoms with Gasteiger partial charge >= 0.3 is 6.03 Å². The highest BCUT2D eigenvalue weighted by Gasteiger charge is 2.49. The second kappa shape index (κ2) is 6.51. The molecule has 1 aliphatic rings. The minimum Gasteiger partial charge on any atom is -0.319 e. The van der Waals surface area contributed by atoms with Gasteiger partial charge in [-0.25, -0.2) is 9.48 Å². The number of carbonyl (C=O) groups is 2. The molecule has 0 bridgehead atoms. The maximum atomic E-state index is 13.0. The second-order valence-corrected chi connectivity index (χ2v) is 7.83. The number of thiophene rings is 1. The molecule has 1 fully saturated rings. The Bertz CT molecular complexity index is 1020. The Morgan fingerprint density at radius 3 is 2.59 bits per heavy atom. The van der Waals surface area contributed by atoms with Crippen molar-refractivity contribution in [2.24, 2.45) is 0 Å². The fourth-order valence-corrected chi connectivity index (χ4v) is 4.35. The Morgan fingerprint density at radius 2 is 1.93 bits per heavy atom. The zero-order valence-corrected chi connectivity index (χ0v) is 16.3. The smallest absolute Gasteiger partial charge is 0.319 e. The van der Waals surface area contributed by atoms with Gasteiger partial charge in [-0.2, -0.15) is 5.10 Å². The van der Waals surface area contributed by atoms with Gasteiger partial charge in [0.25, 0.3) is 5.91 Å². The van der Waals surface area contributed by atoms with E-state index < -0.39 is 11.6 Å². The van der Waals surface area contributed by atoms with Gasteiger partial charge in [0.2, 0.25) is 0 Å². The van der Waals surface area contributed by atoms with Gasteiger partial charge in [0.15, 0.2) is 5.54 Å². The number of carbonyl (C=O) groups excluding carboxylic acids is 2. The predicted octanol–water partition coefficient (Wildman–Crippen LogP) is 3.86. The molecule has 0 spiro atoms. The number of benzene rings is 1. The quantitative estimate of drug-likeness (QED) is 0.676. The van der Waals surface area contributed by atoms with Gasteiger partial charge in [0.05, 0.1) is 17.9 Å². The van der Waals surface area contributed by atoms with Crippen molar-refractivity contribution in [3.63, 3.8) is 0 Å². The number of rotatable bonds is 4. The lowest BCUT2D eigenvalue weighted by atomic mass is 10.0. The molecule has 0 aliphatic carbocycles. The number of amides is 3. The first-order valence-electron chi connectivity index (χ1n) is 8.39. The van der Waals surface area contributed by atoms with Crippen LogP contribution in [-0.4, -0.2) is 26.6 Å². The van der Waals surface area contributed by atoms with Gasteiger partial charge < -0.3 is 5.32 Å². The van der Waals surface area contributed by atoms with Crippen LogP contribution in [0.1, 0.15) is 23.1 Å². The van der Waals surface area contributed by atoms with Crippen LogP contribution in [0, 0.1) is 6.92 Å². The number of aromatic nitrogens is 2. The molecular formula is C19H17ClN4O2S. The SMILES string of the molecule is Cc1nn(-c2ccccc2)c(Cl)c1CN1C(=O)NC(C)(c2cccs2)C1=O. The number of nitrogens with one attached hydrogen (secondary N) is 1. The van der Waals surface area contributed by atoms with Crippen molar-refractivity contribution in [1.29, 1.82) is 0 Å². The molecule has 8 heteroatoms. The molecule has 27 heavy (non-hydrogen) atoms. The third kappa shape index (κ3) is 2.83. The monoisotopic (exact) mass is 400 g/mol. The van der Waals surface area contributed by atoms with Gasteiger partial charge in [-0.05, 0) is 37.4 Å². The van der Waals surface area contributed by atoms with E-state index in [1.807, 2.05) is 54.8 Å². The number of hydrogen-bond donors (Lipinski definition) is 1. The lowest BCUT2D eigenvalue weighted by Crippen LogP contribution is -2.40. The van der Waals surface area contributed by atoms with Crippen LogP contribution in [0.3, 0.4) is 0 Å². The summed E-state index contributed by atoms with van der Waals surface area (Å²) in [6.45, 7) is 3.61. The summed E-state index contributed by atoms with van der Waals surface area (Å²) in [4.78, 5) is 27.5. The molecule has 1 aliphatic heterocycles. The van der Waals surface area contributed by atoms with Gasteiger partial charge in [0, 0.05) is 10.4 Å². The normalized spacial score (nSPS) is 19.6. The molecule has 1 unspecified atom stereocenters. The molecule has 2 aromatic heterocycles. The van der Waals surface area contributed by atoms with Crippen molar-refractivity contribution in [3.05, 3.63) is 69.1 Å². The fourth-order valence-electron chi connectivity index (χ4n) is 3.18. The highest BCUT2D eigenvalue weighted by Crippen LogP contribution is 2.34. The molecule has 1 N–H and O–H groups in total. The van der Waals surface area contributed by atoms with Crippen LogP contribution in [0.4, 0.5) is 4.79 Å². The van der Waals surface area contributed by atoms with Crippen LogP contribution in [-0.2, 0) is 16.9 Å². The minimum atomic E-state index is -1.05. The second-order valence-electron chi connectivity index (χ2n) is 6.53. The number of para-hydroxylation sites is 1.